The van der Waals surface area contributed by atoms with E-state index in [1.807, 2.05) is 0 Å². The standard InChI is InChI=1S/C25H26ClF3N4O6/c1-30-22-21(23(36)32(16-35)10-3-11-34)33(15-17-6-8-18(26)9-7-17)24(31-22)38-13-12-37-19-4-2-5-20(14-19)39-25(27,28)29/h2,4-9,14,16,30,34H,3,10-13,15H2,1H3. The van der Waals surface area contributed by atoms with E-state index in [0.29, 0.717) is 11.4 Å². The number of benzene rings is 2. The molecule has 0 saturated carbocycles. The Morgan fingerprint density at radius 2 is 1.85 bits per heavy atom. The van der Waals surface area contributed by atoms with E-state index in [1.165, 1.54) is 16.7 Å². The molecule has 0 spiro atoms. The van der Waals surface area contributed by atoms with Crippen molar-refractivity contribution in [3.8, 4) is 17.5 Å². The average molecular weight is 571 g/mol. The number of aromatic nitrogens is 2. The summed E-state index contributed by atoms with van der Waals surface area (Å²) >= 11 is 5.99. The first-order valence-corrected chi connectivity index (χ1v) is 12.0. The minimum absolute atomic E-state index is 0.00470. The van der Waals surface area contributed by atoms with Crippen LogP contribution >= 0.6 is 11.6 Å². The van der Waals surface area contributed by atoms with Gasteiger partial charge in [-0.25, -0.2) is 0 Å². The highest BCUT2D eigenvalue weighted by Crippen LogP contribution is 2.27. The molecule has 1 heterocycles. The molecule has 0 bridgehead atoms. The van der Waals surface area contributed by atoms with Gasteiger partial charge in [-0.05, 0) is 36.2 Å². The van der Waals surface area contributed by atoms with Crippen molar-refractivity contribution in [2.75, 3.05) is 38.7 Å². The molecule has 2 N–H and O–H groups in total. The molecule has 0 fully saturated rings. The fourth-order valence-electron chi connectivity index (χ4n) is 3.49. The van der Waals surface area contributed by atoms with Crippen LogP contribution in [0.25, 0.3) is 0 Å². The number of alkyl halides is 3. The molecule has 1 aromatic heterocycles. The molecule has 3 rings (SSSR count). The number of imidazole rings is 1. The van der Waals surface area contributed by atoms with Gasteiger partial charge < -0.3 is 24.6 Å². The number of aliphatic hydroxyl groups excluding tert-OH is 1. The number of anilines is 1. The van der Waals surface area contributed by atoms with Gasteiger partial charge in [-0.2, -0.15) is 4.98 Å². The Hall–Kier alpha value is -3.97. The number of hydrogen-bond acceptors (Lipinski definition) is 8. The minimum atomic E-state index is -4.83. The molecule has 0 aliphatic carbocycles. The number of carbonyl (C=O) groups excluding carboxylic acids is 2. The minimum Gasteiger partial charge on any atom is -0.490 e. The molecule has 0 unspecified atom stereocenters. The molecule has 0 radical (unpaired) electrons. The number of rotatable bonds is 14. The van der Waals surface area contributed by atoms with Crippen LogP contribution < -0.4 is 19.5 Å². The van der Waals surface area contributed by atoms with Crippen molar-refractivity contribution in [3.05, 3.63) is 64.8 Å². The molecule has 0 aliphatic heterocycles. The van der Waals surface area contributed by atoms with Crippen molar-refractivity contribution in [2.24, 2.45) is 0 Å². The van der Waals surface area contributed by atoms with Crippen LogP contribution in [0.15, 0.2) is 48.5 Å². The summed E-state index contributed by atoms with van der Waals surface area (Å²) in [5.41, 5.74) is 0.800. The van der Waals surface area contributed by atoms with Gasteiger partial charge in [0.25, 0.3) is 11.9 Å². The van der Waals surface area contributed by atoms with Gasteiger partial charge in [0.1, 0.15) is 24.7 Å². The Bertz CT molecular complexity index is 1250. The van der Waals surface area contributed by atoms with Gasteiger partial charge in [-0.3, -0.25) is 19.1 Å². The number of imide groups is 1. The first-order valence-electron chi connectivity index (χ1n) is 11.7. The zero-order valence-corrected chi connectivity index (χ0v) is 21.5. The van der Waals surface area contributed by atoms with Crippen LogP contribution in [0.4, 0.5) is 19.0 Å². The summed E-state index contributed by atoms with van der Waals surface area (Å²) in [5.74, 6) is -0.807. The van der Waals surface area contributed by atoms with Crippen LogP contribution in [0.1, 0.15) is 22.5 Å². The van der Waals surface area contributed by atoms with E-state index in [2.05, 4.69) is 15.0 Å². The number of hydrogen-bond donors (Lipinski definition) is 2. The molecule has 0 saturated heterocycles. The summed E-state index contributed by atoms with van der Waals surface area (Å²) in [6.07, 6.45) is -4.26. The second kappa shape index (κ2) is 13.7. The number of carbonyl (C=O) groups is 2. The third-order valence-corrected chi connectivity index (χ3v) is 5.45. The van der Waals surface area contributed by atoms with Crippen molar-refractivity contribution < 1.29 is 42.1 Å². The fraction of sp³-hybridized carbons (Fsp3) is 0.320. The predicted octanol–water partition coefficient (Wildman–Crippen LogP) is 3.96. The number of ether oxygens (including phenoxy) is 3. The van der Waals surface area contributed by atoms with E-state index in [0.717, 1.165) is 22.6 Å². The van der Waals surface area contributed by atoms with Crippen LogP contribution in [0, 0.1) is 0 Å². The molecule has 0 atom stereocenters. The number of nitrogens with zero attached hydrogens (tertiary/aromatic N) is 3. The molecular formula is C25H26ClF3N4O6. The molecular weight excluding hydrogens is 545 g/mol. The van der Waals surface area contributed by atoms with Gasteiger partial charge in [-0.1, -0.05) is 29.8 Å². The lowest BCUT2D eigenvalue weighted by Crippen LogP contribution is -2.33. The van der Waals surface area contributed by atoms with E-state index >= 15 is 0 Å². The zero-order valence-electron chi connectivity index (χ0n) is 20.8. The van der Waals surface area contributed by atoms with Crippen molar-refractivity contribution >= 4 is 29.7 Å². The summed E-state index contributed by atoms with van der Waals surface area (Å²) in [5, 5.41) is 12.5. The molecule has 2 amide bonds. The lowest BCUT2D eigenvalue weighted by Gasteiger charge is -2.18. The van der Waals surface area contributed by atoms with Crippen molar-refractivity contribution in [3.63, 3.8) is 0 Å². The summed E-state index contributed by atoms with van der Waals surface area (Å²) in [4.78, 5) is 30.2. The number of halogens is 4. The van der Waals surface area contributed by atoms with Crippen LogP contribution in [-0.2, 0) is 11.3 Å². The lowest BCUT2D eigenvalue weighted by molar-refractivity contribution is -0.274. The monoisotopic (exact) mass is 570 g/mol. The highest BCUT2D eigenvalue weighted by Gasteiger charge is 2.31. The van der Waals surface area contributed by atoms with E-state index in [9.17, 15) is 22.8 Å². The van der Waals surface area contributed by atoms with E-state index < -0.39 is 18.0 Å². The summed E-state index contributed by atoms with van der Waals surface area (Å²) in [6, 6.07) is 11.9. The largest absolute Gasteiger partial charge is 0.573 e. The second-order valence-electron chi connectivity index (χ2n) is 7.95. The molecule has 210 valence electrons. The average Bonchev–Trinajstić information content (AvgIpc) is 3.24. The number of amides is 2. The molecule has 14 heteroatoms. The van der Waals surface area contributed by atoms with E-state index in [1.54, 1.807) is 31.3 Å². The third-order valence-electron chi connectivity index (χ3n) is 5.19. The van der Waals surface area contributed by atoms with Crippen LogP contribution in [-0.4, -0.2) is 71.7 Å². The van der Waals surface area contributed by atoms with Crippen LogP contribution in [0.5, 0.6) is 17.5 Å². The number of nitrogens with one attached hydrogen (secondary N) is 1. The van der Waals surface area contributed by atoms with Gasteiger partial charge >= 0.3 is 6.36 Å². The molecule has 10 nitrogen and oxygen atoms in total. The van der Waals surface area contributed by atoms with Gasteiger partial charge in [-0.15, -0.1) is 13.2 Å². The van der Waals surface area contributed by atoms with Crippen LogP contribution in [0.2, 0.25) is 5.02 Å². The molecule has 0 aliphatic rings. The maximum absolute atomic E-state index is 13.3. The van der Waals surface area contributed by atoms with Gasteiger partial charge in [0.2, 0.25) is 6.41 Å². The van der Waals surface area contributed by atoms with Gasteiger partial charge in [0, 0.05) is 31.3 Å². The summed E-state index contributed by atoms with van der Waals surface area (Å²) in [7, 11) is 1.55. The predicted molar refractivity (Wildman–Crippen MR) is 135 cm³/mol. The Morgan fingerprint density at radius 3 is 2.49 bits per heavy atom. The topological polar surface area (TPSA) is 115 Å². The van der Waals surface area contributed by atoms with Crippen LogP contribution in [0.3, 0.4) is 0 Å². The van der Waals surface area contributed by atoms with Crippen molar-refractivity contribution in [1.29, 1.82) is 0 Å². The van der Waals surface area contributed by atoms with Gasteiger partial charge in [0.05, 0.1) is 6.54 Å². The maximum atomic E-state index is 13.3. The van der Waals surface area contributed by atoms with Gasteiger partial charge in [0.15, 0.2) is 11.5 Å². The highest BCUT2D eigenvalue weighted by atomic mass is 35.5. The first-order chi connectivity index (χ1) is 18.6. The number of aliphatic hydroxyl groups is 1. The smallest absolute Gasteiger partial charge is 0.490 e. The lowest BCUT2D eigenvalue weighted by atomic mass is 10.2. The van der Waals surface area contributed by atoms with E-state index in [-0.39, 0.29) is 62.6 Å². The normalized spacial score (nSPS) is 11.1. The Morgan fingerprint density at radius 1 is 1.15 bits per heavy atom. The summed E-state index contributed by atoms with van der Waals surface area (Å²) < 4.78 is 54.1. The van der Waals surface area contributed by atoms with Crippen molar-refractivity contribution in [1.82, 2.24) is 14.5 Å². The first kappa shape index (κ1) is 29.6. The highest BCUT2D eigenvalue weighted by molar-refractivity contribution is 6.30. The maximum Gasteiger partial charge on any atom is 0.573 e. The fourth-order valence-corrected chi connectivity index (χ4v) is 3.61. The quantitative estimate of drug-likeness (QED) is 0.221. The van der Waals surface area contributed by atoms with E-state index in [4.69, 9.17) is 26.2 Å². The molecule has 39 heavy (non-hydrogen) atoms. The molecule has 3 aromatic rings. The van der Waals surface area contributed by atoms with Crippen molar-refractivity contribution in [2.45, 2.75) is 19.3 Å². The zero-order chi connectivity index (χ0) is 28.4. The second-order valence-corrected chi connectivity index (χ2v) is 8.39. The molecule has 2 aromatic carbocycles. The summed E-state index contributed by atoms with van der Waals surface area (Å²) in [6.45, 7) is -0.235. The Labute approximate surface area is 226 Å². The SMILES string of the molecule is CNc1nc(OCCOc2cccc(OC(F)(F)F)c2)n(Cc2ccc(Cl)cc2)c1C(=O)N(C=O)CCCO. The Kier molecular flexibility index (Phi) is 10.4. The third kappa shape index (κ3) is 8.52. The Balaban J connectivity index is 1.81.